The molecule has 1 amide bonds. The van der Waals surface area contributed by atoms with Crippen molar-refractivity contribution in [1.82, 2.24) is 10.3 Å². The van der Waals surface area contributed by atoms with Crippen LogP contribution in [0.15, 0.2) is 53.3 Å². The van der Waals surface area contributed by atoms with Crippen LogP contribution in [0.1, 0.15) is 30.0 Å². The third-order valence-corrected chi connectivity index (χ3v) is 4.10. The van der Waals surface area contributed by atoms with Gasteiger partial charge in [0, 0.05) is 16.9 Å². The highest BCUT2D eigenvalue weighted by molar-refractivity contribution is 9.10. The summed E-state index contributed by atoms with van der Waals surface area (Å²) in [6.07, 6.45) is 5.39. The van der Waals surface area contributed by atoms with Gasteiger partial charge >= 0.3 is 6.09 Å². The zero-order valence-electron chi connectivity index (χ0n) is 12.0. The number of nitrogens with zero attached hydrogens (tertiary/aromatic N) is 1. The van der Waals surface area contributed by atoms with Crippen LogP contribution < -0.4 is 5.32 Å². The first kappa shape index (κ1) is 15.0. The summed E-state index contributed by atoms with van der Waals surface area (Å²) in [6.45, 7) is 0.279. The van der Waals surface area contributed by atoms with Crippen molar-refractivity contribution in [2.24, 2.45) is 5.92 Å². The molecule has 114 valence electrons. The van der Waals surface area contributed by atoms with E-state index >= 15 is 0 Å². The first-order valence-electron chi connectivity index (χ1n) is 7.30. The molecule has 1 saturated carbocycles. The van der Waals surface area contributed by atoms with Crippen LogP contribution in [0, 0.1) is 5.92 Å². The fraction of sp³-hybridized carbons (Fsp3) is 0.294. The molecule has 2 aromatic rings. The fourth-order valence-corrected chi connectivity index (χ4v) is 2.78. The smallest absolute Gasteiger partial charge is 0.407 e. The van der Waals surface area contributed by atoms with E-state index in [1.54, 1.807) is 12.4 Å². The van der Waals surface area contributed by atoms with Crippen molar-refractivity contribution in [3.8, 4) is 0 Å². The van der Waals surface area contributed by atoms with E-state index in [9.17, 15) is 4.79 Å². The molecule has 0 radical (unpaired) electrons. The Morgan fingerprint density at radius 3 is 2.77 bits per heavy atom. The zero-order valence-corrected chi connectivity index (χ0v) is 13.6. The van der Waals surface area contributed by atoms with Crippen LogP contribution in [0.5, 0.6) is 0 Å². The molecule has 1 aliphatic rings. The van der Waals surface area contributed by atoms with Crippen molar-refractivity contribution in [3.05, 3.63) is 64.4 Å². The van der Waals surface area contributed by atoms with Crippen molar-refractivity contribution in [2.75, 3.05) is 0 Å². The molecule has 0 spiro atoms. The van der Waals surface area contributed by atoms with Crippen LogP contribution in [-0.4, -0.2) is 11.1 Å². The van der Waals surface area contributed by atoms with Gasteiger partial charge in [-0.15, -0.1) is 0 Å². The molecule has 1 aromatic heterocycles. The molecule has 3 rings (SSSR count). The maximum absolute atomic E-state index is 12.1. The maximum atomic E-state index is 12.1. The lowest BCUT2D eigenvalue weighted by atomic mass is 10.1. The average molecular weight is 361 g/mol. The Kier molecular flexibility index (Phi) is 4.73. The summed E-state index contributed by atoms with van der Waals surface area (Å²) in [6, 6.07) is 11.6. The number of carbonyl (C=O) groups is 1. The molecule has 22 heavy (non-hydrogen) atoms. The molecule has 4 nitrogen and oxygen atoms in total. The van der Waals surface area contributed by atoms with Crippen molar-refractivity contribution < 1.29 is 9.53 Å². The second kappa shape index (κ2) is 6.92. The highest BCUT2D eigenvalue weighted by Crippen LogP contribution is 2.41. The number of alkyl carbamates (subject to hydrolysis) is 1. The molecule has 1 heterocycles. The fourth-order valence-electron chi connectivity index (χ4n) is 2.39. The van der Waals surface area contributed by atoms with E-state index in [4.69, 9.17) is 4.74 Å². The van der Waals surface area contributed by atoms with E-state index in [0.717, 1.165) is 28.4 Å². The molecular formula is C17H17BrN2O2. The number of amides is 1. The maximum Gasteiger partial charge on any atom is 0.407 e. The third-order valence-electron chi connectivity index (χ3n) is 3.66. The summed E-state index contributed by atoms with van der Waals surface area (Å²) in [4.78, 5) is 16.2. The Balaban J connectivity index is 1.60. The molecule has 1 aromatic carbocycles. The van der Waals surface area contributed by atoms with Crippen molar-refractivity contribution >= 4 is 22.0 Å². The van der Waals surface area contributed by atoms with E-state index < -0.39 is 0 Å². The Morgan fingerprint density at radius 1 is 1.32 bits per heavy atom. The second-order valence-electron chi connectivity index (χ2n) is 5.46. The largest absolute Gasteiger partial charge is 0.445 e. The van der Waals surface area contributed by atoms with Gasteiger partial charge in [0.05, 0.1) is 6.04 Å². The highest BCUT2D eigenvalue weighted by atomic mass is 79.9. The molecule has 0 aliphatic heterocycles. The number of carbonyl (C=O) groups excluding carboxylic acids is 1. The number of aromatic nitrogens is 1. The summed E-state index contributed by atoms with van der Waals surface area (Å²) in [7, 11) is 0. The predicted octanol–water partition coefficient (Wildman–Crippen LogP) is 4.22. The van der Waals surface area contributed by atoms with Gasteiger partial charge in [0.1, 0.15) is 6.61 Å². The first-order valence-corrected chi connectivity index (χ1v) is 8.09. The molecule has 1 atom stereocenters. The molecule has 1 N–H and O–H groups in total. The van der Waals surface area contributed by atoms with E-state index in [2.05, 4.69) is 26.2 Å². The van der Waals surface area contributed by atoms with Crippen LogP contribution in [0.2, 0.25) is 0 Å². The highest BCUT2D eigenvalue weighted by Gasteiger charge is 2.34. The van der Waals surface area contributed by atoms with E-state index in [1.807, 2.05) is 36.4 Å². The molecule has 1 aliphatic carbocycles. The van der Waals surface area contributed by atoms with E-state index in [-0.39, 0.29) is 18.7 Å². The summed E-state index contributed by atoms with van der Waals surface area (Å²) in [5.74, 6) is 0.473. The molecule has 1 fully saturated rings. The van der Waals surface area contributed by atoms with Gasteiger partial charge in [0.15, 0.2) is 0 Å². The minimum atomic E-state index is -0.388. The lowest BCUT2D eigenvalue weighted by molar-refractivity contribution is 0.134. The van der Waals surface area contributed by atoms with Gasteiger partial charge in [-0.3, -0.25) is 4.98 Å². The van der Waals surface area contributed by atoms with Crippen molar-refractivity contribution in [3.63, 3.8) is 0 Å². The van der Waals surface area contributed by atoms with Gasteiger partial charge < -0.3 is 10.1 Å². The number of halogens is 1. The Hall–Kier alpha value is -1.88. The predicted molar refractivity (Wildman–Crippen MR) is 87.2 cm³/mol. The van der Waals surface area contributed by atoms with Gasteiger partial charge in [-0.1, -0.05) is 30.3 Å². The minimum absolute atomic E-state index is 0.0340. The lowest BCUT2D eigenvalue weighted by Gasteiger charge is -2.18. The Morgan fingerprint density at radius 2 is 2.09 bits per heavy atom. The summed E-state index contributed by atoms with van der Waals surface area (Å²) < 4.78 is 6.22. The Labute approximate surface area is 138 Å². The SMILES string of the molecule is O=C(NC(c1cncc(Br)c1)C1CC1)OCc1ccccc1. The number of nitrogens with one attached hydrogen (secondary N) is 1. The number of ether oxygens (including phenoxy) is 1. The van der Waals surface area contributed by atoms with Crippen molar-refractivity contribution in [2.45, 2.75) is 25.5 Å². The van der Waals surface area contributed by atoms with Gasteiger partial charge in [-0.2, -0.15) is 0 Å². The molecule has 5 heteroatoms. The average Bonchev–Trinajstić information content (AvgIpc) is 3.36. The second-order valence-corrected chi connectivity index (χ2v) is 6.37. The standard InChI is InChI=1S/C17H17BrN2O2/c18-15-8-14(9-19-10-15)16(13-6-7-13)20-17(21)22-11-12-4-2-1-3-5-12/h1-5,8-10,13,16H,6-7,11H2,(H,20,21). The number of benzene rings is 1. The van der Waals surface area contributed by atoms with Gasteiger partial charge in [0.25, 0.3) is 0 Å². The van der Waals surface area contributed by atoms with Gasteiger partial charge in [-0.25, -0.2) is 4.79 Å². The third kappa shape index (κ3) is 4.07. The lowest BCUT2D eigenvalue weighted by Crippen LogP contribution is -2.30. The quantitative estimate of drug-likeness (QED) is 0.868. The molecule has 0 saturated heterocycles. The zero-order chi connectivity index (χ0) is 15.4. The van der Waals surface area contributed by atoms with Crippen LogP contribution in [-0.2, 0) is 11.3 Å². The first-order chi connectivity index (χ1) is 10.7. The molecule has 0 bridgehead atoms. The monoisotopic (exact) mass is 360 g/mol. The number of hydrogen-bond acceptors (Lipinski definition) is 3. The summed E-state index contributed by atoms with van der Waals surface area (Å²) >= 11 is 3.42. The van der Waals surface area contributed by atoms with E-state index in [0.29, 0.717) is 5.92 Å². The topological polar surface area (TPSA) is 51.2 Å². The van der Waals surface area contributed by atoms with Crippen LogP contribution >= 0.6 is 15.9 Å². The van der Waals surface area contributed by atoms with Crippen LogP contribution in [0.3, 0.4) is 0 Å². The van der Waals surface area contributed by atoms with Gasteiger partial charge in [-0.05, 0) is 51.9 Å². The Bertz CT molecular complexity index is 644. The number of pyridine rings is 1. The number of rotatable bonds is 5. The molecule has 1 unspecified atom stereocenters. The minimum Gasteiger partial charge on any atom is -0.445 e. The van der Waals surface area contributed by atoms with E-state index in [1.165, 1.54) is 0 Å². The summed E-state index contributed by atoms with van der Waals surface area (Å²) in [5, 5.41) is 2.97. The normalized spacial score (nSPS) is 15.1. The number of hydrogen-bond donors (Lipinski definition) is 1. The van der Waals surface area contributed by atoms with Crippen LogP contribution in [0.25, 0.3) is 0 Å². The summed E-state index contributed by atoms with van der Waals surface area (Å²) in [5.41, 5.74) is 1.98. The van der Waals surface area contributed by atoms with Crippen LogP contribution in [0.4, 0.5) is 4.79 Å². The van der Waals surface area contributed by atoms with Gasteiger partial charge in [0.2, 0.25) is 0 Å². The molecular weight excluding hydrogens is 344 g/mol. The van der Waals surface area contributed by atoms with Crippen molar-refractivity contribution in [1.29, 1.82) is 0 Å².